The molecule has 0 spiro atoms. The monoisotopic (exact) mass is 255 g/mol. The summed E-state index contributed by atoms with van der Waals surface area (Å²) in [6, 6.07) is 7.30. The second kappa shape index (κ2) is 5.79. The van der Waals surface area contributed by atoms with Crippen molar-refractivity contribution < 1.29 is 8.78 Å². The van der Waals surface area contributed by atoms with Crippen molar-refractivity contribution in [3.63, 3.8) is 0 Å². The van der Waals surface area contributed by atoms with Crippen LogP contribution in [0.25, 0.3) is 0 Å². The summed E-state index contributed by atoms with van der Waals surface area (Å²) >= 11 is 0. The average Bonchev–Trinajstić information content (AvgIpc) is 2.27. The second-order valence-electron chi connectivity index (χ2n) is 5.88. The highest BCUT2D eigenvalue weighted by Crippen LogP contribution is 2.24. The quantitative estimate of drug-likeness (QED) is 0.846. The summed E-state index contributed by atoms with van der Waals surface area (Å²) in [6.07, 6.45) is -2.33. The molecule has 2 atom stereocenters. The largest absolute Gasteiger partial charge is 0.302 e. The molecule has 2 unspecified atom stereocenters. The van der Waals surface area contributed by atoms with Crippen LogP contribution in [0.15, 0.2) is 24.3 Å². The first kappa shape index (κ1) is 15.1. The zero-order chi connectivity index (χ0) is 13.9. The number of hydrogen-bond acceptors (Lipinski definition) is 1. The minimum absolute atomic E-state index is 0.0666. The molecule has 0 aromatic heterocycles. The van der Waals surface area contributed by atoms with E-state index in [1.165, 1.54) is 12.5 Å². The molecule has 0 saturated carbocycles. The summed E-state index contributed by atoms with van der Waals surface area (Å²) in [7, 11) is 0. The van der Waals surface area contributed by atoms with Gasteiger partial charge >= 0.3 is 0 Å². The molecule has 1 nitrogen and oxygen atoms in total. The van der Waals surface area contributed by atoms with Crippen molar-refractivity contribution in [3.8, 4) is 0 Å². The fourth-order valence-electron chi connectivity index (χ4n) is 1.84. The van der Waals surface area contributed by atoms with E-state index in [4.69, 9.17) is 0 Å². The molecule has 0 bridgehead atoms. The first-order chi connectivity index (χ1) is 8.21. The number of hydrogen-bond donors (Lipinski definition) is 1. The van der Waals surface area contributed by atoms with E-state index in [0.29, 0.717) is 0 Å². The van der Waals surface area contributed by atoms with Crippen molar-refractivity contribution in [2.75, 3.05) is 0 Å². The van der Waals surface area contributed by atoms with Gasteiger partial charge in [0.1, 0.15) is 0 Å². The van der Waals surface area contributed by atoms with Gasteiger partial charge in [0.25, 0.3) is 6.43 Å². The van der Waals surface area contributed by atoms with Gasteiger partial charge < -0.3 is 5.32 Å². The van der Waals surface area contributed by atoms with Crippen molar-refractivity contribution in [2.45, 2.75) is 58.5 Å². The molecule has 3 heteroatoms. The second-order valence-corrected chi connectivity index (χ2v) is 5.88. The van der Waals surface area contributed by atoms with Crippen molar-refractivity contribution >= 4 is 0 Å². The molecule has 0 saturated heterocycles. The summed E-state index contributed by atoms with van der Waals surface area (Å²) in [5.41, 5.74) is 2.40. The number of rotatable bonds is 4. The minimum Gasteiger partial charge on any atom is -0.302 e. The van der Waals surface area contributed by atoms with E-state index in [2.05, 4.69) is 38.2 Å². The maximum absolute atomic E-state index is 12.5. The molecule has 0 amide bonds. The molecule has 0 aliphatic rings. The zero-order valence-electron chi connectivity index (χ0n) is 11.8. The van der Waals surface area contributed by atoms with Crippen molar-refractivity contribution in [2.24, 2.45) is 0 Å². The molecule has 102 valence electrons. The van der Waals surface area contributed by atoms with E-state index >= 15 is 0 Å². The van der Waals surface area contributed by atoms with Crippen LogP contribution in [-0.2, 0) is 5.41 Å². The third kappa shape index (κ3) is 4.05. The summed E-state index contributed by atoms with van der Waals surface area (Å²) in [5.74, 6) is 0. The summed E-state index contributed by atoms with van der Waals surface area (Å²) < 4.78 is 24.9. The highest BCUT2D eigenvalue weighted by Gasteiger charge is 2.18. The van der Waals surface area contributed by atoms with Crippen LogP contribution in [0.3, 0.4) is 0 Å². The van der Waals surface area contributed by atoms with Crippen molar-refractivity contribution in [1.29, 1.82) is 0 Å². The first-order valence-corrected chi connectivity index (χ1v) is 6.36. The molecule has 1 rings (SSSR count). The molecule has 1 N–H and O–H groups in total. The molecule has 0 aliphatic carbocycles. The number of halogens is 2. The molecule has 0 aliphatic heterocycles. The molecular formula is C15H23F2N. The molecular weight excluding hydrogens is 232 g/mol. The first-order valence-electron chi connectivity index (χ1n) is 6.36. The van der Waals surface area contributed by atoms with Gasteiger partial charge in [-0.25, -0.2) is 8.78 Å². The number of nitrogens with one attached hydrogen (secondary N) is 1. The SMILES string of the molecule is CC(NC(C)C(F)F)c1ccc(C(C)(C)C)cc1. The number of alkyl halides is 2. The van der Waals surface area contributed by atoms with Gasteiger partial charge in [-0.1, -0.05) is 45.0 Å². The van der Waals surface area contributed by atoms with E-state index in [-0.39, 0.29) is 11.5 Å². The Hall–Kier alpha value is -0.960. The lowest BCUT2D eigenvalue weighted by Crippen LogP contribution is -2.34. The van der Waals surface area contributed by atoms with Crippen LogP contribution in [0, 0.1) is 0 Å². The van der Waals surface area contributed by atoms with Gasteiger partial charge in [0, 0.05) is 6.04 Å². The molecule has 1 aromatic carbocycles. The Kier molecular flexibility index (Phi) is 4.85. The van der Waals surface area contributed by atoms with Crippen LogP contribution in [-0.4, -0.2) is 12.5 Å². The topological polar surface area (TPSA) is 12.0 Å². The molecule has 0 heterocycles. The van der Waals surface area contributed by atoms with Gasteiger partial charge in [-0.15, -0.1) is 0 Å². The standard InChI is InChI=1S/C15H23F2N/c1-10(18-11(2)14(16)17)12-6-8-13(9-7-12)15(3,4)5/h6-11,14,18H,1-5H3. The number of benzene rings is 1. The fourth-order valence-corrected chi connectivity index (χ4v) is 1.84. The van der Waals surface area contributed by atoms with Gasteiger partial charge in [-0.2, -0.15) is 0 Å². The summed E-state index contributed by atoms with van der Waals surface area (Å²) in [5, 5.41) is 2.90. The molecule has 0 fully saturated rings. The molecule has 1 aromatic rings. The van der Waals surface area contributed by atoms with Crippen LogP contribution in [0.2, 0.25) is 0 Å². The van der Waals surface area contributed by atoms with Gasteiger partial charge in [0.15, 0.2) is 0 Å². The van der Waals surface area contributed by atoms with Gasteiger partial charge in [0.05, 0.1) is 6.04 Å². The minimum atomic E-state index is -2.33. The van der Waals surface area contributed by atoms with Crippen LogP contribution in [0.1, 0.15) is 51.8 Å². The lowest BCUT2D eigenvalue weighted by Gasteiger charge is -2.22. The van der Waals surface area contributed by atoms with Gasteiger partial charge in [-0.3, -0.25) is 0 Å². The maximum atomic E-state index is 12.5. The lowest BCUT2D eigenvalue weighted by molar-refractivity contribution is 0.101. The Labute approximate surface area is 109 Å². The molecule has 18 heavy (non-hydrogen) atoms. The normalized spacial score (nSPS) is 15.8. The highest BCUT2D eigenvalue weighted by molar-refractivity contribution is 5.29. The highest BCUT2D eigenvalue weighted by atomic mass is 19.3. The smallest absolute Gasteiger partial charge is 0.253 e. The van der Waals surface area contributed by atoms with Gasteiger partial charge in [0.2, 0.25) is 0 Å². The Bertz CT molecular complexity index is 365. The Morgan fingerprint density at radius 3 is 1.89 bits per heavy atom. The summed E-state index contributed by atoms with van der Waals surface area (Å²) in [6.45, 7) is 9.88. The van der Waals surface area contributed by atoms with Crippen LogP contribution >= 0.6 is 0 Å². The summed E-state index contributed by atoms with van der Waals surface area (Å²) in [4.78, 5) is 0. The van der Waals surface area contributed by atoms with E-state index in [0.717, 1.165) is 5.56 Å². The maximum Gasteiger partial charge on any atom is 0.253 e. The van der Waals surface area contributed by atoms with E-state index in [1.54, 1.807) is 0 Å². The zero-order valence-corrected chi connectivity index (χ0v) is 11.8. The predicted octanol–water partition coefficient (Wildman–Crippen LogP) is 4.29. The lowest BCUT2D eigenvalue weighted by atomic mass is 9.86. The van der Waals surface area contributed by atoms with Crippen LogP contribution in [0.4, 0.5) is 8.78 Å². The Morgan fingerprint density at radius 1 is 1.00 bits per heavy atom. The average molecular weight is 255 g/mol. The van der Waals surface area contributed by atoms with Gasteiger partial charge in [-0.05, 0) is 30.4 Å². The fraction of sp³-hybridized carbons (Fsp3) is 0.600. The van der Waals surface area contributed by atoms with Crippen LogP contribution < -0.4 is 5.32 Å². The molecule has 0 radical (unpaired) electrons. The third-order valence-corrected chi connectivity index (χ3v) is 3.17. The predicted molar refractivity (Wildman–Crippen MR) is 72.2 cm³/mol. The van der Waals surface area contributed by atoms with Crippen molar-refractivity contribution in [1.82, 2.24) is 5.32 Å². The van der Waals surface area contributed by atoms with E-state index in [9.17, 15) is 8.78 Å². The van der Waals surface area contributed by atoms with E-state index in [1.807, 2.05) is 19.1 Å². The third-order valence-electron chi connectivity index (χ3n) is 3.17. The Balaban J connectivity index is 2.73. The Morgan fingerprint density at radius 2 is 1.50 bits per heavy atom. The van der Waals surface area contributed by atoms with Crippen LogP contribution in [0.5, 0.6) is 0 Å². The van der Waals surface area contributed by atoms with Crippen molar-refractivity contribution in [3.05, 3.63) is 35.4 Å². The van der Waals surface area contributed by atoms with E-state index < -0.39 is 12.5 Å².